The summed E-state index contributed by atoms with van der Waals surface area (Å²) in [7, 11) is 0. The topological polar surface area (TPSA) is 69.7 Å². The van der Waals surface area contributed by atoms with Crippen LogP contribution in [-0.2, 0) is 14.4 Å². The van der Waals surface area contributed by atoms with Crippen LogP contribution in [0.3, 0.4) is 0 Å². The molecule has 0 saturated carbocycles. The molecule has 1 aliphatic rings. The van der Waals surface area contributed by atoms with Gasteiger partial charge < -0.3 is 15.1 Å². The zero-order chi connectivity index (χ0) is 20.4. The van der Waals surface area contributed by atoms with E-state index in [0.29, 0.717) is 5.69 Å². The maximum atomic E-state index is 13.4. The van der Waals surface area contributed by atoms with Gasteiger partial charge in [0, 0.05) is 30.5 Å². The van der Waals surface area contributed by atoms with Gasteiger partial charge in [0.2, 0.25) is 5.91 Å². The summed E-state index contributed by atoms with van der Waals surface area (Å²) >= 11 is 0. The third-order valence-corrected chi connectivity index (χ3v) is 4.36. The van der Waals surface area contributed by atoms with Crippen molar-refractivity contribution in [2.24, 2.45) is 0 Å². The molecule has 0 aliphatic carbocycles. The number of rotatable bonds is 4. The third kappa shape index (κ3) is 4.16. The van der Waals surface area contributed by atoms with E-state index >= 15 is 0 Å². The minimum Gasteiger partial charge on any atom is -0.325 e. The largest absolute Gasteiger partial charge is 0.325 e. The van der Waals surface area contributed by atoms with Gasteiger partial charge in [0.25, 0.3) is 0 Å². The molecule has 6 nitrogen and oxygen atoms in total. The van der Waals surface area contributed by atoms with Crippen LogP contribution < -0.4 is 10.2 Å². The Kier molecular flexibility index (Phi) is 5.39. The molecule has 1 N–H and O–H groups in total. The zero-order valence-electron chi connectivity index (χ0n) is 15.5. The van der Waals surface area contributed by atoms with Gasteiger partial charge in [0.1, 0.15) is 6.54 Å². The smallest absolute Gasteiger partial charge is 0.316 e. The first-order chi connectivity index (χ1) is 13.2. The molecule has 0 spiro atoms. The van der Waals surface area contributed by atoms with E-state index in [4.69, 9.17) is 0 Å². The number of amides is 3. The van der Waals surface area contributed by atoms with Crippen molar-refractivity contribution in [1.29, 1.82) is 0 Å². The SMILES string of the molecule is Cc1cc(C)cc(NC(=O)CN2CCN(c3ccc(F)c(F)c3)C(=O)C2=O)c1. The molecule has 3 amide bonds. The van der Waals surface area contributed by atoms with Crippen molar-refractivity contribution in [2.45, 2.75) is 13.8 Å². The van der Waals surface area contributed by atoms with E-state index < -0.39 is 29.4 Å². The highest BCUT2D eigenvalue weighted by molar-refractivity contribution is 6.41. The number of hydrogen-bond acceptors (Lipinski definition) is 3. The first-order valence-corrected chi connectivity index (χ1v) is 8.68. The Hall–Kier alpha value is -3.29. The standard InChI is InChI=1S/C20H19F2N3O3/c1-12-7-13(2)9-14(8-12)23-18(26)11-24-5-6-25(20(28)19(24)27)15-3-4-16(21)17(22)10-15/h3-4,7-10H,5-6,11H2,1-2H3,(H,23,26). The average Bonchev–Trinajstić information content (AvgIpc) is 2.61. The Morgan fingerprint density at radius 1 is 0.964 bits per heavy atom. The number of carbonyl (C=O) groups excluding carboxylic acids is 3. The van der Waals surface area contributed by atoms with Crippen molar-refractivity contribution in [2.75, 3.05) is 29.9 Å². The molecule has 1 fully saturated rings. The second-order valence-electron chi connectivity index (χ2n) is 6.71. The van der Waals surface area contributed by atoms with Crippen LogP contribution in [0.25, 0.3) is 0 Å². The van der Waals surface area contributed by atoms with Gasteiger partial charge >= 0.3 is 11.8 Å². The van der Waals surface area contributed by atoms with Crippen LogP contribution in [-0.4, -0.2) is 42.3 Å². The fourth-order valence-electron chi connectivity index (χ4n) is 3.15. The molecule has 28 heavy (non-hydrogen) atoms. The maximum absolute atomic E-state index is 13.4. The number of benzene rings is 2. The highest BCUT2D eigenvalue weighted by Crippen LogP contribution is 2.21. The van der Waals surface area contributed by atoms with Crippen molar-refractivity contribution >= 4 is 29.1 Å². The lowest BCUT2D eigenvalue weighted by Crippen LogP contribution is -2.56. The molecular weight excluding hydrogens is 368 g/mol. The summed E-state index contributed by atoms with van der Waals surface area (Å²) in [6.07, 6.45) is 0. The lowest BCUT2D eigenvalue weighted by atomic mass is 10.1. The number of halogens is 2. The molecule has 146 valence electrons. The van der Waals surface area contributed by atoms with Crippen molar-refractivity contribution in [3.63, 3.8) is 0 Å². The first kappa shape index (κ1) is 19.5. The van der Waals surface area contributed by atoms with Crippen molar-refractivity contribution in [3.05, 3.63) is 59.2 Å². The van der Waals surface area contributed by atoms with Gasteiger partial charge in [-0.1, -0.05) is 6.07 Å². The highest BCUT2D eigenvalue weighted by Gasteiger charge is 2.34. The predicted molar refractivity (Wildman–Crippen MR) is 99.8 cm³/mol. The molecule has 2 aromatic carbocycles. The molecule has 3 rings (SSSR count). The normalized spacial score (nSPS) is 14.4. The van der Waals surface area contributed by atoms with Crippen LogP contribution in [0.15, 0.2) is 36.4 Å². The molecule has 0 atom stereocenters. The van der Waals surface area contributed by atoms with E-state index in [-0.39, 0.29) is 25.3 Å². The van der Waals surface area contributed by atoms with Gasteiger partial charge in [-0.2, -0.15) is 0 Å². The molecule has 1 aliphatic heterocycles. The molecule has 2 aromatic rings. The summed E-state index contributed by atoms with van der Waals surface area (Å²) in [5.74, 6) is -4.33. The molecular formula is C20H19F2N3O3. The maximum Gasteiger partial charge on any atom is 0.316 e. The van der Waals surface area contributed by atoms with Gasteiger partial charge in [-0.3, -0.25) is 14.4 Å². The monoisotopic (exact) mass is 387 g/mol. The third-order valence-electron chi connectivity index (χ3n) is 4.36. The molecule has 0 radical (unpaired) electrons. The Morgan fingerprint density at radius 3 is 2.29 bits per heavy atom. The number of aryl methyl sites for hydroxylation is 2. The average molecular weight is 387 g/mol. The van der Waals surface area contributed by atoms with Crippen LogP contribution in [0.5, 0.6) is 0 Å². The number of piperazine rings is 1. The Bertz CT molecular complexity index is 941. The summed E-state index contributed by atoms with van der Waals surface area (Å²) < 4.78 is 26.5. The number of hydrogen-bond donors (Lipinski definition) is 1. The summed E-state index contributed by atoms with van der Waals surface area (Å²) in [5, 5.41) is 2.71. The van der Waals surface area contributed by atoms with Crippen LogP contribution >= 0.6 is 0 Å². The summed E-state index contributed by atoms with van der Waals surface area (Å²) in [6, 6.07) is 8.56. The fourth-order valence-corrected chi connectivity index (χ4v) is 3.15. The number of anilines is 2. The Morgan fingerprint density at radius 2 is 1.64 bits per heavy atom. The fraction of sp³-hybridized carbons (Fsp3) is 0.250. The lowest BCUT2D eigenvalue weighted by molar-refractivity contribution is -0.147. The Balaban J connectivity index is 1.65. The molecule has 1 saturated heterocycles. The lowest BCUT2D eigenvalue weighted by Gasteiger charge is -2.33. The summed E-state index contributed by atoms with van der Waals surface area (Å²) in [6.45, 7) is 3.71. The molecule has 0 unspecified atom stereocenters. The minimum absolute atomic E-state index is 0.0759. The van der Waals surface area contributed by atoms with Crippen LogP contribution in [0.4, 0.5) is 20.2 Å². The van der Waals surface area contributed by atoms with Crippen LogP contribution in [0.2, 0.25) is 0 Å². The minimum atomic E-state index is -1.10. The summed E-state index contributed by atoms with van der Waals surface area (Å²) in [4.78, 5) is 39.2. The van der Waals surface area contributed by atoms with Gasteiger partial charge in [-0.25, -0.2) is 8.78 Å². The number of nitrogens with one attached hydrogen (secondary N) is 1. The van der Waals surface area contributed by atoms with Gasteiger partial charge in [0.05, 0.1) is 0 Å². The van der Waals surface area contributed by atoms with Crippen LogP contribution in [0.1, 0.15) is 11.1 Å². The van der Waals surface area contributed by atoms with Gasteiger partial charge in [-0.05, 0) is 49.2 Å². The zero-order valence-corrected chi connectivity index (χ0v) is 15.5. The van der Waals surface area contributed by atoms with Crippen molar-refractivity contribution in [1.82, 2.24) is 4.90 Å². The van der Waals surface area contributed by atoms with E-state index in [1.54, 1.807) is 12.1 Å². The van der Waals surface area contributed by atoms with E-state index in [1.807, 2.05) is 19.9 Å². The second kappa shape index (κ2) is 7.75. The molecule has 1 heterocycles. The summed E-state index contributed by atoms with van der Waals surface area (Å²) in [5.41, 5.74) is 2.68. The van der Waals surface area contributed by atoms with E-state index in [0.717, 1.165) is 33.1 Å². The molecule has 0 aromatic heterocycles. The Labute approximate surface area is 160 Å². The quantitative estimate of drug-likeness (QED) is 0.819. The van der Waals surface area contributed by atoms with Gasteiger partial charge in [0.15, 0.2) is 11.6 Å². The number of nitrogens with zero attached hydrogens (tertiary/aromatic N) is 2. The molecule has 8 heteroatoms. The predicted octanol–water partition coefficient (Wildman–Crippen LogP) is 2.40. The van der Waals surface area contributed by atoms with E-state index in [2.05, 4.69) is 5.32 Å². The molecule has 0 bridgehead atoms. The number of carbonyl (C=O) groups is 3. The second-order valence-corrected chi connectivity index (χ2v) is 6.71. The van der Waals surface area contributed by atoms with Crippen LogP contribution in [0, 0.1) is 25.5 Å². The van der Waals surface area contributed by atoms with Crippen molar-refractivity contribution in [3.8, 4) is 0 Å². The van der Waals surface area contributed by atoms with Crippen molar-refractivity contribution < 1.29 is 23.2 Å². The highest BCUT2D eigenvalue weighted by atomic mass is 19.2. The van der Waals surface area contributed by atoms with E-state index in [1.165, 1.54) is 6.07 Å². The van der Waals surface area contributed by atoms with Gasteiger partial charge in [-0.15, -0.1) is 0 Å². The first-order valence-electron chi connectivity index (χ1n) is 8.68. The van der Waals surface area contributed by atoms with E-state index in [9.17, 15) is 23.2 Å².